The lowest BCUT2D eigenvalue weighted by molar-refractivity contribution is 0.0914. The molecule has 1 atom stereocenters. The summed E-state index contributed by atoms with van der Waals surface area (Å²) in [5, 5.41) is 13.9. The van der Waals surface area contributed by atoms with Crippen LogP contribution in [0.4, 0.5) is 4.39 Å². The summed E-state index contributed by atoms with van der Waals surface area (Å²) in [6.07, 6.45) is -0.840. The molecule has 0 aliphatic carbocycles. The number of nitrogens with one attached hydrogen (secondary N) is 1. The summed E-state index contributed by atoms with van der Waals surface area (Å²) in [7, 11) is 1.43. The Morgan fingerprint density at radius 3 is 2.79 bits per heavy atom. The van der Waals surface area contributed by atoms with Crippen molar-refractivity contribution >= 4 is 27.3 Å². The van der Waals surface area contributed by atoms with Crippen LogP contribution in [0.2, 0.25) is 0 Å². The second-order valence-corrected chi connectivity index (χ2v) is 6.37. The lowest BCUT2D eigenvalue weighted by Crippen LogP contribution is -2.28. The zero-order valence-electron chi connectivity index (χ0n) is 13.0. The Balaban J connectivity index is 1.67. The maximum Gasteiger partial charge on any atom is 0.254 e. The van der Waals surface area contributed by atoms with E-state index in [0.29, 0.717) is 5.75 Å². The summed E-state index contributed by atoms with van der Waals surface area (Å²) < 4.78 is 19.8. The number of amides is 1. The molecule has 4 nitrogen and oxygen atoms in total. The highest BCUT2D eigenvalue weighted by Gasteiger charge is 2.16. The molecule has 2 aromatic carbocycles. The normalized spacial score (nSPS) is 12.1. The van der Waals surface area contributed by atoms with Crippen LogP contribution < -0.4 is 10.1 Å². The second-order valence-electron chi connectivity index (χ2n) is 5.26. The largest absolute Gasteiger partial charge is 0.497 e. The number of aliphatic hydroxyl groups excluding tert-OH is 1. The molecule has 24 heavy (non-hydrogen) atoms. The molecular formula is C18H16FNO3S. The number of fused-ring (bicyclic) bond motifs is 1. The molecule has 2 N–H and O–H groups in total. The molecule has 0 saturated carbocycles. The van der Waals surface area contributed by atoms with Gasteiger partial charge in [0.25, 0.3) is 5.91 Å². The number of rotatable bonds is 5. The molecule has 3 rings (SSSR count). The monoisotopic (exact) mass is 345 g/mol. The molecule has 0 aliphatic heterocycles. The van der Waals surface area contributed by atoms with Gasteiger partial charge in [-0.1, -0.05) is 18.2 Å². The Bertz CT molecular complexity index is 845. The lowest BCUT2D eigenvalue weighted by atomic mass is 10.2. The first-order valence-electron chi connectivity index (χ1n) is 7.37. The first kappa shape index (κ1) is 16.4. The van der Waals surface area contributed by atoms with Crippen LogP contribution in [0.1, 0.15) is 21.3 Å². The number of thiophene rings is 1. The molecular weight excluding hydrogens is 329 g/mol. The quantitative estimate of drug-likeness (QED) is 0.744. The van der Waals surface area contributed by atoms with Crippen molar-refractivity contribution in [3.05, 3.63) is 64.8 Å². The van der Waals surface area contributed by atoms with Crippen LogP contribution in [0.15, 0.2) is 48.5 Å². The predicted octanol–water partition coefficient (Wildman–Crippen LogP) is 3.51. The van der Waals surface area contributed by atoms with Gasteiger partial charge in [0, 0.05) is 22.2 Å². The highest BCUT2D eigenvalue weighted by molar-refractivity contribution is 7.19. The summed E-state index contributed by atoms with van der Waals surface area (Å²) in [4.78, 5) is 12.8. The Hall–Kier alpha value is -2.44. The van der Waals surface area contributed by atoms with E-state index >= 15 is 0 Å². The van der Waals surface area contributed by atoms with Gasteiger partial charge in [0.2, 0.25) is 0 Å². The lowest BCUT2D eigenvalue weighted by Gasteiger charge is -2.11. The first-order chi connectivity index (χ1) is 11.6. The van der Waals surface area contributed by atoms with Crippen LogP contribution in [-0.2, 0) is 0 Å². The summed E-state index contributed by atoms with van der Waals surface area (Å²) in [6.45, 7) is 0.0110. The molecule has 0 fully saturated rings. The van der Waals surface area contributed by atoms with E-state index in [1.165, 1.54) is 30.6 Å². The highest BCUT2D eigenvalue weighted by atomic mass is 32.1. The van der Waals surface area contributed by atoms with Crippen LogP contribution in [0.3, 0.4) is 0 Å². The maximum absolute atomic E-state index is 13.9. The van der Waals surface area contributed by atoms with Crippen molar-refractivity contribution in [2.45, 2.75) is 6.10 Å². The van der Waals surface area contributed by atoms with E-state index in [9.17, 15) is 14.3 Å². The van der Waals surface area contributed by atoms with Crippen molar-refractivity contribution in [1.29, 1.82) is 0 Å². The Morgan fingerprint density at radius 1 is 1.29 bits per heavy atom. The van der Waals surface area contributed by atoms with Crippen molar-refractivity contribution in [3.63, 3.8) is 0 Å². The average molecular weight is 345 g/mol. The van der Waals surface area contributed by atoms with E-state index in [4.69, 9.17) is 4.74 Å². The van der Waals surface area contributed by atoms with E-state index in [1.807, 2.05) is 30.3 Å². The number of carbonyl (C=O) groups is 1. The fourth-order valence-electron chi connectivity index (χ4n) is 2.36. The van der Waals surface area contributed by atoms with E-state index < -0.39 is 17.8 Å². The number of methoxy groups -OCH3 is 1. The fraction of sp³-hybridized carbons (Fsp3) is 0.167. The van der Waals surface area contributed by atoms with Crippen LogP contribution in [-0.4, -0.2) is 24.7 Å². The predicted molar refractivity (Wildman–Crippen MR) is 92.1 cm³/mol. The third kappa shape index (κ3) is 3.39. The Labute approximate surface area is 142 Å². The average Bonchev–Trinajstić information content (AvgIpc) is 3.03. The number of ether oxygens (including phenoxy) is 1. The number of aliphatic hydroxyl groups is 1. The molecule has 0 spiro atoms. The van der Waals surface area contributed by atoms with Gasteiger partial charge in [-0.15, -0.1) is 11.3 Å². The van der Waals surface area contributed by atoms with Gasteiger partial charge in [0.1, 0.15) is 17.7 Å². The van der Waals surface area contributed by atoms with Crippen molar-refractivity contribution < 1.29 is 19.0 Å². The van der Waals surface area contributed by atoms with Crippen LogP contribution in [0.5, 0.6) is 5.75 Å². The third-order valence-corrected chi connectivity index (χ3v) is 4.87. The van der Waals surface area contributed by atoms with Crippen molar-refractivity contribution in [1.82, 2.24) is 5.32 Å². The van der Waals surface area contributed by atoms with Gasteiger partial charge in [-0.05, 0) is 29.7 Å². The molecule has 6 heteroatoms. The summed E-state index contributed by atoms with van der Waals surface area (Å²) in [5.41, 5.74) is -0.0839. The van der Waals surface area contributed by atoms with Crippen LogP contribution >= 0.6 is 11.3 Å². The van der Waals surface area contributed by atoms with Gasteiger partial charge in [0.15, 0.2) is 0 Å². The topological polar surface area (TPSA) is 58.6 Å². The second kappa shape index (κ2) is 6.98. The Kier molecular flexibility index (Phi) is 4.78. The minimum absolute atomic E-state index is 0.0110. The maximum atomic E-state index is 13.9. The zero-order valence-corrected chi connectivity index (χ0v) is 13.8. The first-order valence-corrected chi connectivity index (χ1v) is 8.18. The molecule has 1 aromatic heterocycles. The number of halogens is 1. The standard InChI is InChI=1S/C18H16FNO3S/c1-23-12-6-7-13(14(19)9-12)18(22)20-10-15(21)17-8-11-4-2-3-5-16(11)24-17/h2-9,15,21H,10H2,1H3,(H,20,22)/t15-/m0/s1. The molecule has 0 saturated heterocycles. The summed E-state index contributed by atoms with van der Waals surface area (Å²) >= 11 is 1.47. The van der Waals surface area contributed by atoms with Crippen molar-refractivity contribution in [2.24, 2.45) is 0 Å². The number of hydrogen-bond donors (Lipinski definition) is 2. The minimum Gasteiger partial charge on any atom is -0.497 e. The molecule has 0 unspecified atom stereocenters. The molecule has 0 bridgehead atoms. The van der Waals surface area contributed by atoms with Crippen molar-refractivity contribution in [3.8, 4) is 5.75 Å². The van der Waals surface area contributed by atoms with Gasteiger partial charge >= 0.3 is 0 Å². The van der Waals surface area contributed by atoms with Crippen LogP contribution in [0.25, 0.3) is 10.1 Å². The minimum atomic E-state index is -0.840. The number of carbonyl (C=O) groups excluding carboxylic acids is 1. The number of hydrogen-bond acceptors (Lipinski definition) is 4. The molecule has 1 amide bonds. The smallest absolute Gasteiger partial charge is 0.254 e. The SMILES string of the molecule is COc1ccc(C(=O)NC[C@H](O)c2cc3ccccc3s2)c(F)c1. The van der Waals surface area contributed by atoms with Crippen molar-refractivity contribution in [2.75, 3.05) is 13.7 Å². The van der Waals surface area contributed by atoms with E-state index in [-0.39, 0.29) is 12.1 Å². The fourth-order valence-corrected chi connectivity index (χ4v) is 3.41. The molecule has 124 valence electrons. The van der Waals surface area contributed by atoms with E-state index in [1.54, 1.807) is 0 Å². The van der Waals surface area contributed by atoms with Gasteiger partial charge in [-0.2, -0.15) is 0 Å². The molecule has 3 aromatic rings. The van der Waals surface area contributed by atoms with E-state index in [2.05, 4.69) is 5.32 Å². The van der Waals surface area contributed by atoms with Gasteiger partial charge < -0.3 is 15.2 Å². The van der Waals surface area contributed by atoms with Gasteiger partial charge in [0.05, 0.1) is 12.7 Å². The van der Waals surface area contributed by atoms with Gasteiger partial charge in [-0.25, -0.2) is 4.39 Å². The van der Waals surface area contributed by atoms with E-state index in [0.717, 1.165) is 21.0 Å². The van der Waals surface area contributed by atoms with Gasteiger partial charge in [-0.3, -0.25) is 4.79 Å². The molecule has 0 radical (unpaired) electrons. The number of benzene rings is 2. The Morgan fingerprint density at radius 2 is 2.08 bits per heavy atom. The zero-order chi connectivity index (χ0) is 17.1. The molecule has 0 aliphatic rings. The summed E-state index contributed by atoms with van der Waals surface area (Å²) in [5.74, 6) is -0.895. The summed E-state index contributed by atoms with van der Waals surface area (Å²) in [6, 6.07) is 13.7. The molecule has 1 heterocycles. The highest BCUT2D eigenvalue weighted by Crippen LogP contribution is 2.29. The third-order valence-electron chi connectivity index (χ3n) is 3.65. The van der Waals surface area contributed by atoms with Crippen LogP contribution in [0, 0.1) is 5.82 Å².